The highest BCUT2D eigenvalue weighted by molar-refractivity contribution is 7.15. The number of carbonyl (C=O) groups is 8. The second-order valence-electron chi connectivity index (χ2n) is 22.1. The number of methoxy groups -OCH3 is 1. The summed E-state index contributed by atoms with van der Waals surface area (Å²) in [5.41, 5.74) is 2.46. The standard InChI is InChI=1S/C62H59N13O12S6/c1-28(2)45-59-74-48(41(93-59)23-87-5)52(80)64-22-44(77)71-49(50(78)30-10-7-6-8-11-30)58-69-40(26-90-58)56-67-38(24-89-56)47-35(54-68-39(25-88-54)51(79)66-37(21-43(76)63-4)57-73-46(29(3)92-57)53(81)72-45)18-19-36(65-47)55-70-42(27-91-55)75(34-13-9-12-33(20-34)62(85)86)60(82)31-14-16-32(17-15-31)61(83)84/h6-13,18-20,24-28,31-32,37,45,49-50,78H,14-17,21-23H2,1-5H3,(H,63,76)(H,64,80)(H,66,79)(H,71,77)(H,72,81)(H,83,84)(H,85,86)/t31?,32?,37-,45?,49-,50-/m0/s1. The maximum Gasteiger partial charge on any atom is 0.335 e. The largest absolute Gasteiger partial charge is 0.481 e. The summed E-state index contributed by atoms with van der Waals surface area (Å²) in [6, 6.07) is 15.2. The summed E-state index contributed by atoms with van der Waals surface area (Å²) in [6.45, 7) is 4.88. The predicted molar refractivity (Wildman–Crippen MR) is 351 cm³/mol. The Morgan fingerprint density at radius 3 is 2.10 bits per heavy atom. The van der Waals surface area contributed by atoms with Crippen molar-refractivity contribution in [3.05, 3.63) is 141 Å². The Morgan fingerprint density at radius 2 is 1.37 bits per heavy atom. The quantitative estimate of drug-likeness (QED) is 0.0532. The van der Waals surface area contributed by atoms with E-state index in [-0.39, 0.29) is 64.0 Å². The number of carboxylic acids is 2. The lowest BCUT2D eigenvalue weighted by molar-refractivity contribution is -0.144. The Bertz CT molecular complexity index is 4320. The number of nitrogens with one attached hydrogen (secondary N) is 5. The molecule has 1 unspecified atom stereocenters. The SMILES string of the molecule is CNC(=O)C[C@@H]1NC(=O)c2csc(n2)-c2ccc(-c3nc(N(C(=O)C4CCC(C(=O)O)CC4)c4cccc(C(=O)O)c4)cs3)nc2-c2csc(n2)-c2csc(n2)[C@H]([C@@H](O)c2ccccc2)NC(=O)CNC(=O)c2nc(sc2COC)C(C(C)C)NC(=O)c2nc1sc2C. The number of aromatic carboxylic acids is 1. The van der Waals surface area contributed by atoms with Gasteiger partial charge in [-0.15, -0.1) is 68.0 Å². The maximum atomic E-state index is 14.6. The molecule has 31 heteroatoms. The van der Waals surface area contributed by atoms with Crippen LogP contribution in [0.2, 0.25) is 0 Å². The van der Waals surface area contributed by atoms with Crippen LogP contribution < -0.4 is 31.5 Å². The van der Waals surface area contributed by atoms with E-state index in [0.29, 0.717) is 94.4 Å². The zero-order valence-electron chi connectivity index (χ0n) is 50.2. The lowest BCUT2D eigenvalue weighted by Gasteiger charge is -2.30. The van der Waals surface area contributed by atoms with E-state index in [1.165, 1.54) is 59.9 Å². The number of hydrogen-bond donors (Lipinski definition) is 8. The molecule has 8 N–H and O–H groups in total. The third-order valence-electron chi connectivity index (χ3n) is 15.5. The van der Waals surface area contributed by atoms with Gasteiger partial charge in [0, 0.05) is 52.0 Å². The van der Waals surface area contributed by atoms with E-state index in [1.807, 2.05) is 13.8 Å². The molecule has 9 aromatic rings. The molecule has 480 valence electrons. The zero-order chi connectivity index (χ0) is 65.8. The lowest BCUT2D eigenvalue weighted by Crippen LogP contribution is -2.40. The Kier molecular flexibility index (Phi) is 20.1. The van der Waals surface area contributed by atoms with Crippen molar-refractivity contribution in [2.45, 2.75) is 83.7 Å². The van der Waals surface area contributed by atoms with Gasteiger partial charge in [-0.25, -0.2) is 39.7 Å². The summed E-state index contributed by atoms with van der Waals surface area (Å²) in [4.78, 5) is 145. The summed E-state index contributed by atoms with van der Waals surface area (Å²) in [6.07, 6.45) is -0.382. The molecule has 0 saturated heterocycles. The van der Waals surface area contributed by atoms with Gasteiger partial charge in [0.25, 0.3) is 17.7 Å². The van der Waals surface area contributed by atoms with Crippen molar-refractivity contribution in [3.8, 4) is 43.4 Å². The first-order valence-corrected chi connectivity index (χ1v) is 34.2. The molecule has 1 aliphatic carbocycles. The summed E-state index contributed by atoms with van der Waals surface area (Å²) in [5.74, 6) is -6.78. The highest BCUT2D eigenvalue weighted by atomic mass is 32.1. The minimum absolute atomic E-state index is 0.0161. The number of pyridine rings is 1. The fourth-order valence-corrected chi connectivity index (χ4v) is 16.1. The molecule has 1 saturated carbocycles. The molecule has 8 heterocycles. The molecule has 1 fully saturated rings. The van der Waals surface area contributed by atoms with Crippen LogP contribution in [0, 0.1) is 24.7 Å². The predicted octanol–water partition coefficient (Wildman–Crippen LogP) is 9.57. The zero-order valence-corrected chi connectivity index (χ0v) is 55.1. The number of ether oxygens (including phenoxy) is 1. The second-order valence-corrected chi connectivity index (χ2v) is 27.9. The minimum atomic E-state index is -1.31. The molecule has 25 nitrogen and oxygen atoms in total. The number of aliphatic hydroxyl groups excluding tert-OH is 1. The smallest absolute Gasteiger partial charge is 0.335 e. The highest BCUT2D eigenvalue weighted by Crippen LogP contribution is 2.42. The third kappa shape index (κ3) is 14.5. The number of nitrogens with zero attached hydrogens (tertiary/aromatic N) is 8. The van der Waals surface area contributed by atoms with Crippen molar-refractivity contribution in [1.82, 2.24) is 61.5 Å². The number of aryl methyl sites for hydroxylation is 1. The van der Waals surface area contributed by atoms with Crippen molar-refractivity contribution < 1.29 is 58.4 Å². The first-order valence-electron chi connectivity index (χ1n) is 29.1. The summed E-state index contributed by atoms with van der Waals surface area (Å²) in [7, 11) is 2.92. The van der Waals surface area contributed by atoms with Gasteiger partial charge in [0.1, 0.15) is 76.4 Å². The number of fused-ring (bicyclic) bond motifs is 14. The van der Waals surface area contributed by atoms with Crippen LogP contribution in [0.4, 0.5) is 11.5 Å². The van der Waals surface area contributed by atoms with E-state index in [2.05, 4.69) is 26.6 Å². The topological polar surface area (TPSA) is 360 Å². The van der Waals surface area contributed by atoms with Crippen molar-refractivity contribution >= 4 is 127 Å². The molecule has 93 heavy (non-hydrogen) atoms. The summed E-state index contributed by atoms with van der Waals surface area (Å²) in [5, 5.41) is 54.5. The second kappa shape index (κ2) is 28.5. The number of thiazole rings is 6. The van der Waals surface area contributed by atoms with Gasteiger partial charge in [0.15, 0.2) is 5.82 Å². The van der Waals surface area contributed by atoms with Gasteiger partial charge in [0.05, 0.1) is 59.4 Å². The van der Waals surface area contributed by atoms with Crippen molar-refractivity contribution in [2.75, 3.05) is 25.6 Å². The van der Waals surface area contributed by atoms with Crippen LogP contribution in [0.5, 0.6) is 0 Å². The maximum absolute atomic E-state index is 14.6. The monoisotopic (exact) mass is 1370 g/mol. The van der Waals surface area contributed by atoms with E-state index in [9.17, 15) is 53.7 Å². The third-order valence-corrected chi connectivity index (χ3v) is 21.2. The molecule has 1 aliphatic heterocycles. The molecule has 2 aliphatic rings. The molecule has 6 amide bonds. The van der Waals surface area contributed by atoms with Crippen molar-refractivity contribution in [3.63, 3.8) is 0 Å². The van der Waals surface area contributed by atoms with E-state index >= 15 is 0 Å². The molecule has 2 aromatic carbocycles. The first-order chi connectivity index (χ1) is 44.7. The number of anilines is 2. The molecular weight excluding hydrogens is 1310 g/mol. The van der Waals surface area contributed by atoms with E-state index in [1.54, 1.807) is 77.0 Å². The average molecular weight is 1370 g/mol. The molecule has 0 radical (unpaired) electrons. The van der Waals surface area contributed by atoms with Gasteiger partial charge in [-0.1, -0.05) is 50.2 Å². The van der Waals surface area contributed by atoms with Gasteiger partial charge in [-0.3, -0.25) is 38.5 Å². The summed E-state index contributed by atoms with van der Waals surface area (Å²) >= 11 is 6.97. The van der Waals surface area contributed by atoms with Gasteiger partial charge in [0.2, 0.25) is 17.7 Å². The van der Waals surface area contributed by atoms with Gasteiger partial charge >= 0.3 is 11.9 Å². The van der Waals surface area contributed by atoms with Gasteiger partial charge in [-0.2, -0.15) is 0 Å². The number of aliphatic hydroxyl groups is 1. The van der Waals surface area contributed by atoms with Gasteiger partial charge in [-0.05, 0) is 74.4 Å². The Morgan fingerprint density at radius 1 is 0.667 bits per heavy atom. The number of aliphatic carboxylic acids is 1. The lowest BCUT2D eigenvalue weighted by atomic mass is 9.81. The molecule has 7 aromatic heterocycles. The van der Waals surface area contributed by atoms with Crippen LogP contribution in [0.25, 0.3) is 43.4 Å². The van der Waals surface area contributed by atoms with Crippen LogP contribution in [0.1, 0.15) is 142 Å². The minimum Gasteiger partial charge on any atom is -0.481 e. The van der Waals surface area contributed by atoms with Crippen LogP contribution in [-0.4, -0.2) is 118 Å². The number of benzene rings is 2. The normalized spacial score (nSPS) is 18.3. The molecule has 0 spiro atoms. The van der Waals surface area contributed by atoms with Crippen LogP contribution in [0.3, 0.4) is 0 Å². The number of amides is 6. The van der Waals surface area contributed by atoms with Crippen LogP contribution >= 0.6 is 68.0 Å². The van der Waals surface area contributed by atoms with Crippen molar-refractivity contribution in [1.29, 1.82) is 0 Å². The van der Waals surface area contributed by atoms with Gasteiger partial charge < -0.3 is 46.6 Å². The van der Waals surface area contributed by atoms with Crippen LogP contribution in [0.15, 0.2) is 88.3 Å². The first kappa shape index (κ1) is 65.5. The highest BCUT2D eigenvalue weighted by Gasteiger charge is 2.36. The average Bonchev–Trinajstić information content (AvgIpc) is 1.72. The van der Waals surface area contributed by atoms with E-state index in [0.717, 1.165) is 45.3 Å². The molecule has 4 atom stereocenters. The number of hydrogen-bond acceptors (Lipinski definition) is 23. The number of aromatic nitrogens is 7. The number of rotatable bonds is 13. The molecular formula is C62H59N13O12S6. The molecule has 11 rings (SSSR count). The number of carbonyl (C=O) groups excluding carboxylic acids is 6. The Balaban J connectivity index is 0.998. The van der Waals surface area contributed by atoms with E-state index in [4.69, 9.17) is 39.6 Å². The van der Waals surface area contributed by atoms with Crippen LogP contribution in [-0.2, 0) is 30.5 Å². The fraction of sp³-hybridized carbons (Fsp3) is 0.306. The summed E-state index contributed by atoms with van der Waals surface area (Å²) < 4.78 is 5.46. The van der Waals surface area contributed by atoms with Crippen molar-refractivity contribution in [2.24, 2.45) is 17.8 Å². The fourth-order valence-electron chi connectivity index (χ4n) is 10.6. The number of carboxylic acid groups (broad SMARTS) is 2. The Labute approximate surface area is 554 Å². The molecule has 10 bridgehead atoms. The Hall–Kier alpha value is -8.95. The van der Waals surface area contributed by atoms with E-state index < -0.39 is 84.1 Å².